The fourth-order valence-corrected chi connectivity index (χ4v) is 10.8. The van der Waals surface area contributed by atoms with Crippen molar-refractivity contribution < 1.29 is 22.8 Å². The smallest absolute Gasteiger partial charge is 0.299 e. The first-order valence-electron chi connectivity index (χ1n) is 16.2. The number of hydrogen-bond donors (Lipinski definition) is 0. The number of halogens is 3. The number of fused-ring (bicyclic) bond motifs is 2. The van der Waals surface area contributed by atoms with Crippen LogP contribution in [0, 0.1) is 41.4 Å². The molecule has 6 rings (SSSR count). The minimum absolute atomic E-state index is 0.275. The predicted molar refractivity (Wildman–Crippen MR) is 141 cm³/mol. The number of carbonyl (C=O) groups is 2. The number of alkyl halides is 3. The Balaban J connectivity index is 1.14. The molecule has 5 aliphatic carbocycles. The summed E-state index contributed by atoms with van der Waals surface area (Å²) in [5.74, 6) is 1.42. The highest BCUT2D eigenvalue weighted by molar-refractivity contribution is 5.86. The Morgan fingerprint density at radius 3 is 1.79 bits per heavy atom. The molecule has 0 radical (unpaired) electrons. The summed E-state index contributed by atoms with van der Waals surface area (Å²) in [5.41, 5.74) is 0. The van der Waals surface area contributed by atoms with Crippen LogP contribution >= 0.6 is 0 Å². The summed E-state index contributed by atoms with van der Waals surface area (Å²) in [6.45, 7) is 0. The number of hydrogen-bond acceptors (Lipinski definition) is 3. The Hall–Kier alpha value is -0.910. The van der Waals surface area contributed by atoms with E-state index in [0.29, 0.717) is 54.5 Å². The second-order valence-corrected chi connectivity index (χ2v) is 14.1. The molecule has 0 aromatic carbocycles. The van der Waals surface area contributed by atoms with Gasteiger partial charge in [-0.3, -0.25) is 14.5 Å². The maximum atomic E-state index is 13.5. The maximum absolute atomic E-state index is 13.5. The fraction of sp³-hybridized carbons (Fsp3) is 0.938. The van der Waals surface area contributed by atoms with Gasteiger partial charge in [-0.15, -0.1) is 0 Å². The quantitative estimate of drug-likeness (QED) is 0.367. The van der Waals surface area contributed by atoms with Gasteiger partial charge < -0.3 is 0 Å². The summed E-state index contributed by atoms with van der Waals surface area (Å²) in [6.07, 6.45) is 16.2. The van der Waals surface area contributed by atoms with Gasteiger partial charge in [0.15, 0.2) is 0 Å². The van der Waals surface area contributed by atoms with E-state index in [0.717, 1.165) is 31.6 Å². The summed E-state index contributed by atoms with van der Waals surface area (Å²) >= 11 is 0. The minimum Gasteiger partial charge on any atom is -0.299 e. The number of ketones is 2. The van der Waals surface area contributed by atoms with Gasteiger partial charge in [-0.2, -0.15) is 13.2 Å². The Morgan fingerprint density at radius 2 is 1.18 bits per heavy atom. The van der Waals surface area contributed by atoms with Crippen molar-refractivity contribution in [3.8, 4) is 0 Å². The van der Waals surface area contributed by atoms with Gasteiger partial charge in [0.2, 0.25) is 5.78 Å². The molecule has 0 bridgehead atoms. The van der Waals surface area contributed by atoms with Crippen LogP contribution in [-0.2, 0) is 9.59 Å². The number of nitrogens with zero attached hydrogens (tertiary/aromatic N) is 1. The monoisotopic (exact) mass is 535 g/mol. The third-order valence-corrected chi connectivity index (χ3v) is 12.3. The lowest BCUT2D eigenvalue weighted by Crippen LogP contribution is -2.64. The molecule has 0 N–H and O–H groups in total. The molecule has 5 saturated carbocycles. The molecule has 1 saturated heterocycles. The molecule has 1 heterocycles. The molecule has 8 unspecified atom stereocenters. The topological polar surface area (TPSA) is 37.4 Å². The molecule has 6 aliphatic rings. The Labute approximate surface area is 227 Å². The lowest BCUT2D eigenvalue weighted by atomic mass is 9.64. The average molecular weight is 536 g/mol. The highest BCUT2D eigenvalue weighted by Gasteiger charge is 2.52. The Morgan fingerprint density at radius 1 is 0.632 bits per heavy atom. The van der Waals surface area contributed by atoms with Crippen LogP contribution in [0.3, 0.4) is 0 Å². The summed E-state index contributed by atoms with van der Waals surface area (Å²) in [6, 6.07) is 1.56. The van der Waals surface area contributed by atoms with Crippen molar-refractivity contribution in [3.05, 3.63) is 0 Å². The zero-order chi connectivity index (χ0) is 26.4. The van der Waals surface area contributed by atoms with E-state index in [1.165, 1.54) is 83.5 Å². The molecule has 1 aliphatic heterocycles. The molecular weight excluding hydrogens is 487 g/mol. The van der Waals surface area contributed by atoms with Crippen LogP contribution in [0.15, 0.2) is 0 Å². The van der Waals surface area contributed by atoms with Gasteiger partial charge in [-0.1, -0.05) is 44.9 Å². The molecule has 0 amide bonds. The van der Waals surface area contributed by atoms with Gasteiger partial charge >= 0.3 is 6.18 Å². The second kappa shape index (κ2) is 11.2. The standard InChI is InChI=1S/C32H48F3NO2/c33-32(34,35)31(38)21-17-15-20(16-18-21)24-11-6-12-25(24)22-7-5-8-23(19-22)36-28-13-3-1-9-26(28)30(37)27-10-2-4-14-29(27)36/h20-29H,1-19H2. The highest BCUT2D eigenvalue weighted by Crippen LogP contribution is 2.52. The zero-order valence-corrected chi connectivity index (χ0v) is 23.1. The summed E-state index contributed by atoms with van der Waals surface area (Å²) in [7, 11) is 0. The molecule has 38 heavy (non-hydrogen) atoms. The third kappa shape index (κ3) is 5.14. The molecule has 0 aromatic heterocycles. The number of carbonyl (C=O) groups excluding carboxylic acids is 2. The Kier molecular flexibility index (Phi) is 8.01. The molecule has 214 valence electrons. The van der Waals surface area contributed by atoms with Crippen LogP contribution in [0.4, 0.5) is 13.2 Å². The molecule has 6 heteroatoms. The molecule has 0 spiro atoms. The number of likely N-dealkylation sites (tertiary alicyclic amines) is 1. The lowest BCUT2D eigenvalue weighted by Gasteiger charge is -2.57. The van der Waals surface area contributed by atoms with Crippen LogP contribution in [0.25, 0.3) is 0 Å². The van der Waals surface area contributed by atoms with Crippen molar-refractivity contribution in [1.82, 2.24) is 4.90 Å². The molecular formula is C32H48F3NO2. The number of rotatable bonds is 4. The summed E-state index contributed by atoms with van der Waals surface area (Å²) < 4.78 is 39.0. The highest BCUT2D eigenvalue weighted by atomic mass is 19.4. The van der Waals surface area contributed by atoms with Crippen LogP contribution in [-0.4, -0.2) is 40.8 Å². The van der Waals surface area contributed by atoms with Gasteiger partial charge in [0, 0.05) is 35.9 Å². The van der Waals surface area contributed by atoms with E-state index in [2.05, 4.69) is 4.90 Å². The average Bonchev–Trinajstić information content (AvgIpc) is 3.43. The van der Waals surface area contributed by atoms with Gasteiger partial charge in [-0.25, -0.2) is 0 Å². The second-order valence-electron chi connectivity index (χ2n) is 14.1. The van der Waals surface area contributed by atoms with Crippen molar-refractivity contribution >= 4 is 11.6 Å². The number of Topliss-reactive ketones (excluding diaryl/α,β-unsaturated/α-hetero) is 2. The minimum atomic E-state index is -4.68. The van der Waals surface area contributed by atoms with Gasteiger partial charge in [0.1, 0.15) is 5.78 Å². The van der Waals surface area contributed by atoms with E-state index in [4.69, 9.17) is 0 Å². The van der Waals surface area contributed by atoms with Crippen LogP contribution in [0.1, 0.15) is 122 Å². The van der Waals surface area contributed by atoms with Gasteiger partial charge in [0.25, 0.3) is 0 Å². The Bertz CT molecular complexity index is 839. The molecule has 8 atom stereocenters. The van der Waals surface area contributed by atoms with Gasteiger partial charge in [0.05, 0.1) is 0 Å². The van der Waals surface area contributed by atoms with Crippen molar-refractivity contribution in [1.29, 1.82) is 0 Å². The summed E-state index contributed by atoms with van der Waals surface area (Å²) in [5, 5.41) is 0. The number of piperidine rings is 1. The molecule has 3 nitrogen and oxygen atoms in total. The normalized spacial score (nSPS) is 44.9. The SMILES string of the molecule is O=C1C2CCCCC2N(C2CCCC(C3CCCC3C3CCC(C(=O)C(F)(F)F)CC3)C2)C2CCCCC12. The van der Waals surface area contributed by atoms with Crippen LogP contribution < -0.4 is 0 Å². The predicted octanol–water partition coefficient (Wildman–Crippen LogP) is 7.90. The van der Waals surface area contributed by atoms with E-state index in [1.54, 1.807) is 0 Å². The van der Waals surface area contributed by atoms with E-state index < -0.39 is 17.9 Å². The van der Waals surface area contributed by atoms with E-state index >= 15 is 0 Å². The van der Waals surface area contributed by atoms with Crippen molar-refractivity contribution in [2.45, 2.75) is 146 Å². The van der Waals surface area contributed by atoms with Crippen molar-refractivity contribution in [2.75, 3.05) is 0 Å². The fourth-order valence-electron chi connectivity index (χ4n) is 10.8. The van der Waals surface area contributed by atoms with Crippen molar-refractivity contribution in [2.24, 2.45) is 41.4 Å². The third-order valence-electron chi connectivity index (χ3n) is 12.3. The zero-order valence-electron chi connectivity index (χ0n) is 23.1. The molecule has 0 aromatic rings. The molecule has 6 fully saturated rings. The first kappa shape index (κ1) is 27.3. The van der Waals surface area contributed by atoms with E-state index in [1.807, 2.05) is 0 Å². The van der Waals surface area contributed by atoms with Crippen molar-refractivity contribution in [3.63, 3.8) is 0 Å². The lowest BCUT2D eigenvalue weighted by molar-refractivity contribution is -0.177. The first-order valence-corrected chi connectivity index (χ1v) is 16.2. The largest absolute Gasteiger partial charge is 0.450 e. The van der Waals surface area contributed by atoms with E-state index in [9.17, 15) is 22.8 Å². The van der Waals surface area contributed by atoms with Crippen LogP contribution in [0.5, 0.6) is 0 Å². The summed E-state index contributed by atoms with van der Waals surface area (Å²) in [4.78, 5) is 28.3. The van der Waals surface area contributed by atoms with Gasteiger partial charge in [-0.05, 0) is 101 Å². The van der Waals surface area contributed by atoms with Crippen LogP contribution in [0.2, 0.25) is 0 Å². The van der Waals surface area contributed by atoms with E-state index in [-0.39, 0.29) is 11.8 Å². The first-order chi connectivity index (χ1) is 18.3. The maximum Gasteiger partial charge on any atom is 0.450 e.